The highest BCUT2D eigenvalue weighted by atomic mass is 32.1. The standard InChI is InChI=1S/C19H22N2OS/c1-15-7-5-8-16(13-15)21(19-10-3-2-4-11-20-19)14-17(22)18-9-6-12-23-18/h5-9,12-13H,2-4,10-11,14H2,1H3. The van der Waals surface area contributed by atoms with Crippen molar-refractivity contribution in [3.05, 3.63) is 52.2 Å². The normalized spacial score (nSPS) is 14.9. The molecule has 0 N–H and O–H groups in total. The Morgan fingerprint density at radius 2 is 2.13 bits per heavy atom. The van der Waals surface area contributed by atoms with Crippen molar-refractivity contribution in [1.82, 2.24) is 0 Å². The lowest BCUT2D eigenvalue weighted by atomic mass is 10.1. The predicted octanol–water partition coefficient (Wildman–Crippen LogP) is 4.72. The number of aryl methyl sites for hydroxylation is 1. The van der Waals surface area contributed by atoms with E-state index in [9.17, 15) is 4.79 Å². The minimum Gasteiger partial charge on any atom is -0.322 e. The summed E-state index contributed by atoms with van der Waals surface area (Å²) < 4.78 is 0. The highest BCUT2D eigenvalue weighted by molar-refractivity contribution is 7.12. The Balaban J connectivity index is 1.89. The van der Waals surface area contributed by atoms with E-state index in [0.29, 0.717) is 6.54 Å². The van der Waals surface area contributed by atoms with Crippen LogP contribution in [0.25, 0.3) is 0 Å². The van der Waals surface area contributed by atoms with Gasteiger partial charge in [-0.25, -0.2) is 0 Å². The number of hydrogen-bond donors (Lipinski definition) is 0. The second kappa shape index (κ2) is 7.55. The number of anilines is 1. The van der Waals surface area contributed by atoms with Gasteiger partial charge in [-0.05, 0) is 48.9 Å². The first-order chi connectivity index (χ1) is 11.2. The zero-order chi connectivity index (χ0) is 16.1. The molecule has 0 amide bonds. The van der Waals surface area contributed by atoms with Crippen LogP contribution in [-0.2, 0) is 0 Å². The molecule has 0 saturated carbocycles. The summed E-state index contributed by atoms with van der Waals surface area (Å²) in [5.74, 6) is 1.21. The van der Waals surface area contributed by atoms with E-state index in [1.54, 1.807) is 0 Å². The summed E-state index contributed by atoms with van der Waals surface area (Å²) in [6, 6.07) is 12.2. The molecule has 0 bridgehead atoms. The number of carbonyl (C=O) groups is 1. The van der Waals surface area contributed by atoms with Crippen LogP contribution >= 0.6 is 11.3 Å². The molecule has 2 aromatic rings. The fourth-order valence-corrected chi connectivity index (χ4v) is 3.52. The van der Waals surface area contributed by atoms with E-state index >= 15 is 0 Å². The van der Waals surface area contributed by atoms with Crippen LogP contribution in [0.15, 0.2) is 46.8 Å². The van der Waals surface area contributed by atoms with Crippen molar-refractivity contribution in [2.45, 2.75) is 32.6 Å². The Labute approximate surface area is 141 Å². The highest BCUT2D eigenvalue weighted by Gasteiger charge is 2.20. The van der Waals surface area contributed by atoms with E-state index in [1.165, 1.54) is 23.3 Å². The minimum absolute atomic E-state index is 0.161. The molecule has 1 aliphatic rings. The quantitative estimate of drug-likeness (QED) is 0.762. The number of amidine groups is 1. The van der Waals surface area contributed by atoms with Gasteiger partial charge in [-0.1, -0.05) is 24.6 Å². The number of rotatable bonds is 4. The fourth-order valence-electron chi connectivity index (χ4n) is 2.87. The Hall–Kier alpha value is -1.94. The maximum absolute atomic E-state index is 12.6. The van der Waals surface area contributed by atoms with Crippen molar-refractivity contribution in [2.24, 2.45) is 4.99 Å². The van der Waals surface area contributed by atoms with Gasteiger partial charge in [0.05, 0.1) is 11.4 Å². The van der Waals surface area contributed by atoms with Crippen LogP contribution < -0.4 is 4.90 Å². The molecule has 1 aliphatic heterocycles. The van der Waals surface area contributed by atoms with Gasteiger partial charge in [0.2, 0.25) is 0 Å². The summed E-state index contributed by atoms with van der Waals surface area (Å²) in [7, 11) is 0. The molecule has 1 aromatic carbocycles. The second-order valence-corrected chi connectivity index (χ2v) is 6.88. The maximum Gasteiger partial charge on any atom is 0.192 e. The van der Waals surface area contributed by atoms with E-state index < -0.39 is 0 Å². The largest absolute Gasteiger partial charge is 0.322 e. The number of carbonyl (C=O) groups excluding carboxylic acids is 1. The van der Waals surface area contributed by atoms with E-state index in [1.807, 2.05) is 23.6 Å². The number of hydrogen-bond acceptors (Lipinski definition) is 4. The number of Topliss-reactive ketones (excluding diaryl/α,β-unsaturated/α-hetero) is 1. The summed E-state index contributed by atoms with van der Waals surface area (Å²) in [5.41, 5.74) is 2.26. The van der Waals surface area contributed by atoms with E-state index in [2.05, 4.69) is 30.0 Å². The monoisotopic (exact) mass is 326 g/mol. The third kappa shape index (κ3) is 4.08. The third-order valence-corrected chi connectivity index (χ3v) is 4.99. The molecule has 0 saturated heterocycles. The second-order valence-electron chi connectivity index (χ2n) is 5.93. The summed E-state index contributed by atoms with van der Waals surface area (Å²) >= 11 is 1.51. The van der Waals surface area contributed by atoms with Crippen LogP contribution in [0.4, 0.5) is 5.69 Å². The molecule has 4 heteroatoms. The number of thiophene rings is 1. The number of ketones is 1. The van der Waals surface area contributed by atoms with E-state index in [4.69, 9.17) is 4.99 Å². The molecule has 0 atom stereocenters. The molecule has 23 heavy (non-hydrogen) atoms. The molecule has 2 heterocycles. The Kier molecular flexibility index (Phi) is 5.23. The number of benzene rings is 1. The van der Waals surface area contributed by atoms with Gasteiger partial charge in [-0.15, -0.1) is 11.3 Å². The summed E-state index contributed by atoms with van der Waals surface area (Å²) in [6.45, 7) is 3.31. The molecule has 0 aliphatic carbocycles. The smallest absolute Gasteiger partial charge is 0.192 e. The zero-order valence-corrected chi connectivity index (χ0v) is 14.3. The van der Waals surface area contributed by atoms with Gasteiger partial charge in [0.25, 0.3) is 0 Å². The highest BCUT2D eigenvalue weighted by Crippen LogP contribution is 2.22. The minimum atomic E-state index is 0.161. The molecule has 120 valence electrons. The number of nitrogens with zero attached hydrogens (tertiary/aromatic N) is 2. The first-order valence-electron chi connectivity index (χ1n) is 8.18. The van der Waals surface area contributed by atoms with Crippen molar-refractivity contribution in [3.8, 4) is 0 Å². The molecule has 3 rings (SSSR count). The van der Waals surface area contributed by atoms with Gasteiger partial charge in [0, 0.05) is 18.7 Å². The fraction of sp³-hybridized carbons (Fsp3) is 0.368. The van der Waals surface area contributed by atoms with Crippen LogP contribution in [0.3, 0.4) is 0 Å². The molecule has 0 unspecified atom stereocenters. The molecule has 1 aromatic heterocycles. The van der Waals surface area contributed by atoms with Gasteiger partial charge >= 0.3 is 0 Å². The van der Waals surface area contributed by atoms with Crippen molar-refractivity contribution >= 4 is 28.6 Å². The first kappa shape index (κ1) is 15.9. The molecular weight excluding hydrogens is 304 g/mol. The lowest BCUT2D eigenvalue weighted by Crippen LogP contribution is -2.35. The van der Waals surface area contributed by atoms with Crippen molar-refractivity contribution < 1.29 is 4.79 Å². The van der Waals surface area contributed by atoms with Gasteiger partial charge in [-0.3, -0.25) is 9.79 Å². The summed E-state index contributed by atoms with van der Waals surface area (Å²) in [4.78, 5) is 20.3. The SMILES string of the molecule is Cc1cccc(N(CC(=O)c2cccs2)C2=NCCCCC2)c1. The zero-order valence-electron chi connectivity index (χ0n) is 13.5. The Morgan fingerprint density at radius 3 is 2.91 bits per heavy atom. The average Bonchev–Trinajstić information content (AvgIpc) is 2.96. The maximum atomic E-state index is 12.6. The lowest BCUT2D eigenvalue weighted by molar-refractivity contribution is 0.101. The van der Waals surface area contributed by atoms with Crippen molar-refractivity contribution in [2.75, 3.05) is 18.0 Å². The van der Waals surface area contributed by atoms with Crippen molar-refractivity contribution in [3.63, 3.8) is 0 Å². The first-order valence-corrected chi connectivity index (χ1v) is 9.06. The number of aliphatic imine (C=N–C) groups is 1. The summed E-state index contributed by atoms with van der Waals surface area (Å²) in [6.07, 6.45) is 4.46. The molecule has 3 nitrogen and oxygen atoms in total. The Bertz CT molecular complexity index is 691. The van der Waals surface area contributed by atoms with Crippen molar-refractivity contribution in [1.29, 1.82) is 0 Å². The third-order valence-electron chi connectivity index (χ3n) is 4.08. The average molecular weight is 326 g/mol. The van der Waals surface area contributed by atoms with Crippen LogP contribution in [-0.4, -0.2) is 24.7 Å². The molecular formula is C19H22N2OS. The van der Waals surface area contributed by atoms with Crippen LogP contribution in [0, 0.1) is 6.92 Å². The van der Waals surface area contributed by atoms with E-state index in [0.717, 1.165) is 42.2 Å². The van der Waals surface area contributed by atoms with Gasteiger partial charge in [0.1, 0.15) is 5.84 Å². The van der Waals surface area contributed by atoms with Crippen LogP contribution in [0.1, 0.15) is 40.9 Å². The van der Waals surface area contributed by atoms with E-state index in [-0.39, 0.29) is 5.78 Å². The van der Waals surface area contributed by atoms with Gasteiger partial charge in [0.15, 0.2) is 5.78 Å². The molecule has 0 spiro atoms. The lowest BCUT2D eigenvalue weighted by Gasteiger charge is -2.25. The van der Waals surface area contributed by atoms with Gasteiger partial charge in [-0.2, -0.15) is 0 Å². The topological polar surface area (TPSA) is 32.7 Å². The summed E-state index contributed by atoms with van der Waals surface area (Å²) in [5, 5.41) is 1.95. The molecule has 0 fully saturated rings. The van der Waals surface area contributed by atoms with Gasteiger partial charge < -0.3 is 4.90 Å². The molecule has 0 radical (unpaired) electrons. The predicted molar refractivity (Wildman–Crippen MR) is 97.9 cm³/mol. The van der Waals surface area contributed by atoms with Crippen LogP contribution in [0.5, 0.6) is 0 Å². The Morgan fingerprint density at radius 1 is 1.22 bits per heavy atom. The van der Waals surface area contributed by atoms with Crippen LogP contribution in [0.2, 0.25) is 0 Å².